The Kier molecular flexibility index (Phi) is 12.6. The number of ether oxygens (including phenoxy) is 1. The number of carbonyl (C=O) groups is 2. The monoisotopic (exact) mass is 715 g/mol. The number of benzene rings is 1. The number of carbonyl (C=O) groups excluding carboxylic acids is 1. The van der Waals surface area contributed by atoms with Crippen LogP contribution >= 0.6 is 11.8 Å². The number of nitrogens with zero attached hydrogens (tertiary/aromatic N) is 7. The number of carboxylic acid groups (broad SMARTS) is 1. The Balaban J connectivity index is 0.000000253. The van der Waals surface area contributed by atoms with E-state index in [1.54, 1.807) is 70.6 Å². The second-order valence-electron chi connectivity index (χ2n) is 12.2. The first-order valence-electron chi connectivity index (χ1n) is 16.3. The van der Waals surface area contributed by atoms with Gasteiger partial charge in [0.05, 0.1) is 11.8 Å². The predicted molar refractivity (Wildman–Crippen MR) is 179 cm³/mol. The van der Waals surface area contributed by atoms with Crippen molar-refractivity contribution in [1.29, 1.82) is 0 Å². The van der Waals surface area contributed by atoms with Crippen molar-refractivity contribution in [2.24, 2.45) is 18.9 Å². The molecule has 0 unspecified atom stereocenters. The van der Waals surface area contributed by atoms with E-state index in [2.05, 4.69) is 15.0 Å². The Morgan fingerprint density at radius 2 is 1.62 bits per heavy atom. The van der Waals surface area contributed by atoms with Crippen molar-refractivity contribution in [2.75, 3.05) is 38.5 Å². The Bertz CT molecular complexity index is 1640. The highest BCUT2D eigenvalue weighted by Crippen LogP contribution is 2.29. The summed E-state index contributed by atoms with van der Waals surface area (Å²) in [6, 6.07) is 9.33. The van der Waals surface area contributed by atoms with Crippen LogP contribution in [0, 0.1) is 11.8 Å². The molecular weight excluding hydrogens is 675 g/mol. The number of aryl methyl sites for hydroxylation is 1. The maximum atomic E-state index is 12.7. The van der Waals surface area contributed by atoms with Crippen LogP contribution in [0.4, 0.5) is 22.8 Å². The average molecular weight is 716 g/mol. The van der Waals surface area contributed by atoms with E-state index in [0.29, 0.717) is 62.5 Å². The summed E-state index contributed by atoms with van der Waals surface area (Å²) in [5.74, 6) is 2.37. The van der Waals surface area contributed by atoms with Crippen LogP contribution in [0.2, 0.25) is 0 Å². The van der Waals surface area contributed by atoms with Gasteiger partial charge in [-0.05, 0) is 67.3 Å². The molecule has 2 amide bonds. The van der Waals surface area contributed by atoms with Gasteiger partial charge in [-0.2, -0.15) is 17.9 Å². The van der Waals surface area contributed by atoms with E-state index >= 15 is 0 Å². The largest absolute Gasteiger partial charge is 0.465 e. The third kappa shape index (κ3) is 10.9. The van der Waals surface area contributed by atoms with Gasteiger partial charge in [0, 0.05) is 75.9 Å². The van der Waals surface area contributed by atoms with Crippen molar-refractivity contribution >= 4 is 23.9 Å². The number of rotatable bonds is 9. The summed E-state index contributed by atoms with van der Waals surface area (Å²) < 4.78 is 47.1. The number of aromatic nitrogens is 5. The van der Waals surface area contributed by atoms with Crippen LogP contribution in [0.3, 0.4) is 0 Å². The van der Waals surface area contributed by atoms with Gasteiger partial charge in [0.1, 0.15) is 18.7 Å². The Labute approximate surface area is 292 Å². The molecule has 0 bridgehead atoms. The lowest BCUT2D eigenvalue weighted by molar-refractivity contribution is -0.137. The molecule has 2 aliphatic rings. The van der Waals surface area contributed by atoms with E-state index in [9.17, 15) is 22.8 Å². The molecule has 0 radical (unpaired) electrons. The fraction of sp³-hybridized carbons (Fsp3) is 0.441. The lowest BCUT2D eigenvalue weighted by atomic mass is 9.98. The number of likely N-dealkylation sites (tertiary alicyclic amines) is 2. The molecule has 1 aromatic carbocycles. The highest BCUT2D eigenvalue weighted by Gasteiger charge is 2.30. The summed E-state index contributed by atoms with van der Waals surface area (Å²) in [7, 11) is 1.98. The lowest BCUT2D eigenvalue weighted by Gasteiger charge is -2.31. The molecule has 0 saturated carbocycles. The molecule has 2 fully saturated rings. The topological polar surface area (TPSA) is 128 Å². The number of alkyl halides is 3. The van der Waals surface area contributed by atoms with Gasteiger partial charge in [-0.25, -0.2) is 19.6 Å². The number of thioether (sulfide) groups is 1. The van der Waals surface area contributed by atoms with Crippen molar-refractivity contribution < 1.29 is 37.4 Å². The number of piperidine rings is 2. The van der Waals surface area contributed by atoms with Gasteiger partial charge in [-0.15, -0.1) is 0 Å². The molecule has 50 heavy (non-hydrogen) atoms. The molecule has 5 heterocycles. The fourth-order valence-corrected chi connectivity index (χ4v) is 6.64. The van der Waals surface area contributed by atoms with Gasteiger partial charge in [0.25, 0.3) is 0 Å². The molecule has 0 aliphatic carbocycles. The smallest absolute Gasteiger partial charge is 0.417 e. The minimum Gasteiger partial charge on any atom is -0.465 e. The van der Waals surface area contributed by atoms with Gasteiger partial charge in [-0.1, -0.05) is 23.9 Å². The van der Waals surface area contributed by atoms with E-state index < -0.39 is 17.8 Å². The first-order valence-corrected chi connectivity index (χ1v) is 17.3. The van der Waals surface area contributed by atoms with Crippen LogP contribution in [-0.4, -0.2) is 89.9 Å². The molecule has 16 heteroatoms. The Morgan fingerprint density at radius 3 is 2.20 bits per heavy atom. The zero-order valence-electron chi connectivity index (χ0n) is 27.6. The standard InChI is InChI=1S/C24H25F3N4O2S.C10H15N3O3/c1-30-13-10-28-22(30)34-16-18-8-11-31(12-9-18)23(32)33-21-6-2-17(3-7-21)14-20-5-4-19(15-29-20)24(25,26)27;14-10(15)12-4-1-9(2-5-12)7-16-13-6-3-11-8-13/h2-7,10,13,15,18H,8-9,11-12,14,16H2,1H3;3,6,8-9H,1-2,4-5,7H2,(H,14,15). The lowest BCUT2D eigenvalue weighted by Crippen LogP contribution is -2.40. The summed E-state index contributed by atoms with van der Waals surface area (Å²) in [6.07, 6.45) is 7.93. The van der Waals surface area contributed by atoms with Crippen LogP contribution in [0.25, 0.3) is 0 Å². The molecule has 4 aromatic rings. The molecule has 2 aliphatic heterocycles. The van der Waals surface area contributed by atoms with Crippen molar-refractivity contribution in [3.05, 3.63) is 90.5 Å². The number of hydrogen-bond donors (Lipinski definition) is 1. The molecule has 1 N–H and O–H groups in total. The van der Waals surface area contributed by atoms with E-state index in [1.807, 2.05) is 17.8 Å². The second-order valence-corrected chi connectivity index (χ2v) is 13.2. The van der Waals surface area contributed by atoms with Crippen LogP contribution in [0.5, 0.6) is 5.75 Å². The van der Waals surface area contributed by atoms with E-state index in [-0.39, 0.29) is 6.09 Å². The molecule has 3 aromatic heterocycles. The molecular formula is C34H40F3N7O5S. The third-order valence-corrected chi connectivity index (χ3v) is 9.88. The number of pyridine rings is 1. The Hall–Kier alpha value is -4.73. The maximum Gasteiger partial charge on any atom is 0.417 e. The third-order valence-electron chi connectivity index (χ3n) is 8.59. The predicted octanol–water partition coefficient (Wildman–Crippen LogP) is 6.13. The van der Waals surface area contributed by atoms with Crippen molar-refractivity contribution in [1.82, 2.24) is 34.0 Å². The van der Waals surface area contributed by atoms with E-state index in [4.69, 9.17) is 14.7 Å². The first kappa shape index (κ1) is 36.5. The van der Waals surface area contributed by atoms with Crippen LogP contribution in [0.15, 0.2) is 78.9 Å². The van der Waals surface area contributed by atoms with Crippen LogP contribution < -0.4 is 9.57 Å². The molecule has 12 nitrogen and oxygen atoms in total. The Morgan fingerprint density at radius 1 is 0.920 bits per heavy atom. The second kappa shape index (κ2) is 17.3. The van der Waals surface area contributed by atoms with Crippen molar-refractivity contribution in [3.63, 3.8) is 0 Å². The zero-order chi connectivity index (χ0) is 35.5. The van der Waals surface area contributed by atoms with Gasteiger partial charge in [0.15, 0.2) is 5.16 Å². The zero-order valence-corrected chi connectivity index (χ0v) is 28.4. The minimum atomic E-state index is -4.40. The number of imidazole rings is 2. The fourth-order valence-electron chi connectivity index (χ4n) is 5.52. The van der Waals surface area contributed by atoms with Crippen LogP contribution in [0.1, 0.15) is 42.5 Å². The molecule has 2 saturated heterocycles. The van der Waals surface area contributed by atoms with E-state index in [0.717, 1.165) is 54.4 Å². The van der Waals surface area contributed by atoms with Gasteiger partial charge in [0.2, 0.25) is 0 Å². The summed E-state index contributed by atoms with van der Waals surface area (Å²) in [4.78, 5) is 44.0. The van der Waals surface area contributed by atoms with Crippen LogP contribution in [-0.2, 0) is 19.6 Å². The summed E-state index contributed by atoms with van der Waals surface area (Å²) in [5, 5.41) is 9.79. The maximum absolute atomic E-state index is 12.7. The van der Waals surface area contributed by atoms with Gasteiger partial charge in [-0.3, -0.25) is 4.98 Å². The SMILES string of the molecule is Cn1ccnc1SCC1CCN(C(=O)Oc2ccc(Cc3ccc(C(F)(F)F)cn3)cc2)CC1.O=C(O)N1CCC(COn2ccnc2)CC1. The highest BCUT2D eigenvalue weighted by molar-refractivity contribution is 7.99. The van der Waals surface area contributed by atoms with Crippen molar-refractivity contribution in [3.8, 4) is 5.75 Å². The van der Waals surface area contributed by atoms with Crippen molar-refractivity contribution in [2.45, 2.75) is 43.4 Å². The molecule has 268 valence electrons. The van der Waals surface area contributed by atoms with Gasteiger partial charge >= 0.3 is 18.4 Å². The summed E-state index contributed by atoms with van der Waals surface area (Å²) in [6.45, 7) is 3.13. The molecule has 6 rings (SSSR count). The molecule has 0 spiro atoms. The highest BCUT2D eigenvalue weighted by atomic mass is 32.2. The number of halogens is 3. The minimum absolute atomic E-state index is 0.368. The number of hydrogen-bond acceptors (Lipinski definition) is 8. The van der Waals surface area contributed by atoms with E-state index in [1.165, 1.54) is 11.0 Å². The quantitative estimate of drug-likeness (QED) is 0.204. The first-order chi connectivity index (χ1) is 24.0. The van der Waals surface area contributed by atoms with Gasteiger partial charge < -0.3 is 29.0 Å². The number of amides is 2. The normalized spacial score (nSPS) is 15.7. The summed E-state index contributed by atoms with van der Waals surface area (Å²) in [5.41, 5.74) is 0.620. The molecule has 0 atom stereocenters. The average Bonchev–Trinajstić information content (AvgIpc) is 3.79. The summed E-state index contributed by atoms with van der Waals surface area (Å²) >= 11 is 1.74.